The number of hydrogen-bond donors (Lipinski definition) is 0. The third kappa shape index (κ3) is 2.00. The third-order valence-electron chi connectivity index (χ3n) is 6.44. The zero-order chi connectivity index (χ0) is 14.0. The molecule has 0 atom stereocenters. The first kappa shape index (κ1) is 12.7. The highest BCUT2D eigenvalue weighted by Crippen LogP contribution is 2.59. The van der Waals surface area contributed by atoms with E-state index in [-0.39, 0.29) is 0 Å². The molecule has 2 aromatic rings. The SMILES string of the molecule is Brc1ccc2cc(C3C4CC5CC(C4)CC3C5)ccc2c1. The van der Waals surface area contributed by atoms with E-state index in [1.165, 1.54) is 40.9 Å². The topological polar surface area (TPSA) is 0 Å². The molecule has 0 aliphatic heterocycles. The highest BCUT2D eigenvalue weighted by Gasteiger charge is 2.48. The molecule has 0 radical (unpaired) electrons. The van der Waals surface area contributed by atoms with Gasteiger partial charge in [-0.25, -0.2) is 0 Å². The fraction of sp³-hybridized carbons (Fsp3) is 0.500. The van der Waals surface area contributed by atoms with Crippen molar-refractivity contribution in [2.24, 2.45) is 23.7 Å². The van der Waals surface area contributed by atoms with Crippen molar-refractivity contribution >= 4 is 26.7 Å². The smallest absolute Gasteiger partial charge is 0.0181 e. The molecule has 108 valence electrons. The molecule has 1 heteroatoms. The van der Waals surface area contributed by atoms with E-state index in [0.717, 1.165) is 29.6 Å². The minimum atomic E-state index is 0.853. The predicted molar refractivity (Wildman–Crippen MR) is 91.4 cm³/mol. The molecule has 0 nitrogen and oxygen atoms in total. The van der Waals surface area contributed by atoms with Gasteiger partial charge in [0.15, 0.2) is 0 Å². The molecule has 4 saturated carbocycles. The van der Waals surface area contributed by atoms with E-state index >= 15 is 0 Å². The highest BCUT2D eigenvalue weighted by atomic mass is 79.9. The van der Waals surface area contributed by atoms with Gasteiger partial charge in [-0.1, -0.05) is 40.2 Å². The lowest BCUT2D eigenvalue weighted by Gasteiger charge is -2.54. The van der Waals surface area contributed by atoms with E-state index < -0.39 is 0 Å². The molecule has 0 spiro atoms. The van der Waals surface area contributed by atoms with Crippen molar-refractivity contribution in [2.75, 3.05) is 0 Å². The maximum Gasteiger partial charge on any atom is 0.0181 e. The Kier molecular flexibility index (Phi) is 2.77. The number of hydrogen-bond acceptors (Lipinski definition) is 0. The molecule has 21 heavy (non-hydrogen) atoms. The maximum absolute atomic E-state index is 3.58. The van der Waals surface area contributed by atoms with Gasteiger partial charge in [0, 0.05) is 4.47 Å². The summed E-state index contributed by atoms with van der Waals surface area (Å²) in [6.45, 7) is 0. The molecule has 0 saturated heterocycles. The Balaban J connectivity index is 1.56. The lowest BCUT2D eigenvalue weighted by molar-refractivity contribution is -0.00273. The zero-order valence-corrected chi connectivity index (χ0v) is 13.9. The van der Waals surface area contributed by atoms with Gasteiger partial charge < -0.3 is 0 Å². The van der Waals surface area contributed by atoms with Crippen molar-refractivity contribution < 1.29 is 0 Å². The molecule has 0 heterocycles. The predicted octanol–water partition coefficient (Wildman–Crippen LogP) is 6.14. The molecule has 4 bridgehead atoms. The first-order chi connectivity index (χ1) is 10.3. The van der Waals surface area contributed by atoms with E-state index in [2.05, 4.69) is 52.3 Å². The highest BCUT2D eigenvalue weighted by molar-refractivity contribution is 9.10. The Morgan fingerprint density at radius 1 is 0.714 bits per heavy atom. The van der Waals surface area contributed by atoms with Crippen LogP contribution in [0.4, 0.5) is 0 Å². The van der Waals surface area contributed by atoms with Crippen LogP contribution in [0.3, 0.4) is 0 Å². The largest absolute Gasteiger partial charge is 0.0581 e. The van der Waals surface area contributed by atoms with Crippen molar-refractivity contribution in [3.8, 4) is 0 Å². The second kappa shape index (κ2) is 4.59. The van der Waals surface area contributed by atoms with Crippen LogP contribution in [0.15, 0.2) is 40.9 Å². The lowest BCUT2D eigenvalue weighted by Crippen LogP contribution is -2.43. The van der Waals surface area contributed by atoms with E-state index in [9.17, 15) is 0 Å². The van der Waals surface area contributed by atoms with Gasteiger partial charge in [0.25, 0.3) is 0 Å². The summed E-state index contributed by atoms with van der Waals surface area (Å²) in [7, 11) is 0. The summed E-state index contributed by atoms with van der Waals surface area (Å²) in [5.41, 5.74) is 1.62. The fourth-order valence-corrected chi connectivity index (χ4v) is 6.29. The van der Waals surface area contributed by atoms with Gasteiger partial charge in [-0.2, -0.15) is 0 Å². The Morgan fingerprint density at radius 2 is 1.33 bits per heavy atom. The van der Waals surface area contributed by atoms with Gasteiger partial charge in [0.1, 0.15) is 0 Å². The molecule has 6 rings (SSSR count). The van der Waals surface area contributed by atoms with Crippen LogP contribution in [-0.4, -0.2) is 0 Å². The average molecular weight is 341 g/mol. The number of rotatable bonds is 1. The van der Waals surface area contributed by atoms with Crippen molar-refractivity contribution in [2.45, 2.75) is 38.0 Å². The normalized spacial score (nSPS) is 37.3. The summed E-state index contributed by atoms with van der Waals surface area (Å²) < 4.78 is 1.18. The van der Waals surface area contributed by atoms with Gasteiger partial charge in [-0.3, -0.25) is 0 Å². The van der Waals surface area contributed by atoms with E-state index in [1.54, 1.807) is 12.0 Å². The number of benzene rings is 2. The quantitative estimate of drug-likeness (QED) is 0.584. The molecule has 4 aliphatic rings. The first-order valence-corrected chi connectivity index (χ1v) is 9.25. The molecular formula is C20H21Br. The Hall–Kier alpha value is -0.820. The Labute approximate surface area is 135 Å². The van der Waals surface area contributed by atoms with Crippen LogP contribution in [-0.2, 0) is 0 Å². The molecular weight excluding hydrogens is 320 g/mol. The summed E-state index contributed by atoms with van der Waals surface area (Å²) in [5.74, 6) is 4.95. The molecule has 0 amide bonds. The van der Waals surface area contributed by atoms with Crippen LogP contribution in [0.25, 0.3) is 10.8 Å². The van der Waals surface area contributed by atoms with Gasteiger partial charge in [-0.05, 0) is 90.2 Å². The molecule has 4 fully saturated rings. The molecule has 0 N–H and O–H groups in total. The second-order valence-electron chi connectivity index (χ2n) is 7.71. The van der Waals surface area contributed by atoms with E-state index in [4.69, 9.17) is 0 Å². The van der Waals surface area contributed by atoms with Crippen LogP contribution < -0.4 is 0 Å². The minimum absolute atomic E-state index is 0.853. The van der Waals surface area contributed by atoms with Crippen molar-refractivity contribution in [1.29, 1.82) is 0 Å². The summed E-state index contributed by atoms with van der Waals surface area (Å²) in [6, 6.07) is 13.9. The second-order valence-corrected chi connectivity index (χ2v) is 8.62. The Morgan fingerprint density at radius 3 is 2.05 bits per heavy atom. The van der Waals surface area contributed by atoms with Crippen molar-refractivity contribution in [3.63, 3.8) is 0 Å². The fourth-order valence-electron chi connectivity index (χ4n) is 5.91. The molecule has 0 aromatic heterocycles. The minimum Gasteiger partial charge on any atom is -0.0581 e. The summed E-state index contributed by atoms with van der Waals surface area (Å²) >= 11 is 3.58. The lowest BCUT2D eigenvalue weighted by atomic mass is 9.51. The van der Waals surface area contributed by atoms with Crippen LogP contribution >= 0.6 is 15.9 Å². The number of fused-ring (bicyclic) bond motifs is 1. The van der Waals surface area contributed by atoms with Gasteiger partial charge in [0.2, 0.25) is 0 Å². The van der Waals surface area contributed by atoms with E-state index in [0.29, 0.717) is 0 Å². The molecule has 0 unspecified atom stereocenters. The first-order valence-electron chi connectivity index (χ1n) is 8.45. The molecule has 4 aliphatic carbocycles. The van der Waals surface area contributed by atoms with E-state index in [1.807, 2.05) is 0 Å². The van der Waals surface area contributed by atoms with Crippen LogP contribution in [0, 0.1) is 23.7 Å². The van der Waals surface area contributed by atoms with Crippen molar-refractivity contribution in [3.05, 3.63) is 46.4 Å². The average Bonchev–Trinajstić information content (AvgIpc) is 2.46. The number of halogens is 1. The third-order valence-corrected chi connectivity index (χ3v) is 6.93. The maximum atomic E-state index is 3.58. The van der Waals surface area contributed by atoms with Crippen molar-refractivity contribution in [1.82, 2.24) is 0 Å². The van der Waals surface area contributed by atoms with Gasteiger partial charge in [0.05, 0.1) is 0 Å². The summed E-state index contributed by atoms with van der Waals surface area (Å²) in [4.78, 5) is 0. The summed E-state index contributed by atoms with van der Waals surface area (Å²) in [6.07, 6.45) is 7.59. The van der Waals surface area contributed by atoms with Crippen LogP contribution in [0.1, 0.15) is 43.6 Å². The van der Waals surface area contributed by atoms with Gasteiger partial charge in [-0.15, -0.1) is 0 Å². The monoisotopic (exact) mass is 340 g/mol. The standard InChI is InChI=1S/C20H21Br/c21-19-4-3-14-10-16(2-1-15(14)11-19)20-17-6-12-5-13(8-17)9-18(20)7-12/h1-4,10-13,17-18,20H,5-9H2. The van der Waals surface area contributed by atoms with Crippen LogP contribution in [0.2, 0.25) is 0 Å². The zero-order valence-electron chi connectivity index (χ0n) is 12.3. The summed E-state index contributed by atoms with van der Waals surface area (Å²) in [5, 5.41) is 2.77. The van der Waals surface area contributed by atoms with Crippen LogP contribution in [0.5, 0.6) is 0 Å². The Bertz CT molecular complexity index is 674. The molecule has 2 aromatic carbocycles. The van der Waals surface area contributed by atoms with Gasteiger partial charge >= 0.3 is 0 Å².